The van der Waals surface area contributed by atoms with Crippen molar-refractivity contribution in [2.24, 2.45) is 23.7 Å². The first-order valence-electron chi connectivity index (χ1n) is 14.5. The van der Waals surface area contributed by atoms with Crippen LogP contribution >= 0.6 is 0 Å². The zero-order valence-corrected chi connectivity index (χ0v) is 23.0. The summed E-state index contributed by atoms with van der Waals surface area (Å²) in [6.45, 7) is 1.10. The van der Waals surface area contributed by atoms with Crippen LogP contribution in [0.5, 0.6) is 0 Å². The Kier molecular flexibility index (Phi) is 10.3. The molecule has 0 radical (unpaired) electrons. The van der Waals surface area contributed by atoms with Gasteiger partial charge in [-0.3, -0.25) is 19.2 Å². The van der Waals surface area contributed by atoms with Crippen molar-refractivity contribution >= 4 is 23.8 Å². The number of hydrogen-bond donors (Lipinski definition) is 2. The van der Waals surface area contributed by atoms with Crippen molar-refractivity contribution in [1.29, 1.82) is 0 Å². The lowest BCUT2D eigenvalue weighted by Crippen LogP contribution is -2.48. The first-order valence-corrected chi connectivity index (χ1v) is 14.5. The van der Waals surface area contributed by atoms with E-state index >= 15 is 0 Å². The summed E-state index contributed by atoms with van der Waals surface area (Å²) < 4.78 is 0. The van der Waals surface area contributed by atoms with Gasteiger partial charge in [0.25, 0.3) is 0 Å². The summed E-state index contributed by atoms with van der Waals surface area (Å²) in [4.78, 5) is 55.2. The number of carbonyl (C=O) groups excluding carboxylic acids is 2. The molecule has 0 aliphatic heterocycles. The lowest BCUT2D eigenvalue weighted by atomic mass is 9.78. The molecule has 2 aromatic carbocycles. The summed E-state index contributed by atoms with van der Waals surface area (Å²) in [6, 6.07) is 19.1. The molecule has 2 aliphatic carbocycles. The smallest absolute Gasteiger partial charge is 0.307 e. The summed E-state index contributed by atoms with van der Waals surface area (Å²) in [5.41, 5.74) is 1.86. The van der Waals surface area contributed by atoms with Crippen molar-refractivity contribution in [1.82, 2.24) is 9.80 Å². The van der Waals surface area contributed by atoms with Gasteiger partial charge >= 0.3 is 11.9 Å². The van der Waals surface area contributed by atoms with Gasteiger partial charge < -0.3 is 20.0 Å². The molecule has 4 rings (SSSR count). The van der Waals surface area contributed by atoms with Gasteiger partial charge in [-0.15, -0.1) is 0 Å². The van der Waals surface area contributed by atoms with Crippen molar-refractivity contribution in [3.05, 3.63) is 71.8 Å². The monoisotopic (exact) mass is 548 g/mol. The fourth-order valence-corrected chi connectivity index (χ4v) is 6.30. The zero-order chi connectivity index (χ0) is 28.5. The van der Waals surface area contributed by atoms with E-state index in [9.17, 15) is 29.4 Å². The van der Waals surface area contributed by atoms with E-state index in [2.05, 4.69) is 0 Å². The molecule has 40 heavy (non-hydrogen) atoms. The van der Waals surface area contributed by atoms with E-state index in [1.807, 2.05) is 60.7 Å². The molecule has 0 aromatic heterocycles. The fraction of sp³-hybridized carbons (Fsp3) is 0.500. The molecule has 2 fully saturated rings. The first-order chi connectivity index (χ1) is 19.3. The Balaban J connectivity index is 1.58. The normalized spacial score (nSPS) is 22.7. The van der Waals surface area contributed by atoms with E-state index in [0.717, 1.165) is 36.8 Å². The number of amides is 2. The van der Waals surface area contributed by atoms with E-state index in [0.29, 0.717) is 38.8 Å². The van der Waals surface area contributed by atoms with Crippen molar-refractivity contribution in [3.8, 4) is 0 Å². The number of hydrogen-bond acceptors (Lipinski definition) is 4. The topological polar surface area (TPSA) is 115 Å². The number of benzene rings is 2. The molecule has 0 saturated heterocycles. The zero-order valence-electron chi connectivity index (χ0n) is 23.0. The van der Waals surface area contributed by atoms with Crippen LogP contribution in [-0.4, -0.2) is 56.9 Å². The number of carboxylic acid groups (broad SMARTS) is 2. The predicted molar refractivity (Wildman–Crippen MR) is 150 cm³/mol. The van der Waals surface area contributed by atoms with Crippen LogP contribution < -0.4 is 0 Å². The quantitative estimate of drug-likeness (QED) is 0.416. The summed E-state index contributed by atoms with van der Waals surface area (Å²) in [5.74, 6) is -4.86. The third-order valence-electron chi connectivity index (χ3n) is 8.50. The third kappa shape index (κ3) is 7.49. The Bertz CT molecular complexity index is 1060. The summed E-state index contributed by atoms with van der Waals surface area (Å²) >= 11 is 0. The molecule has 8 nitrogen and oxygen atoms in total. The van der Waals surface area contributed by atoms with Crippen molar-refractivity contribution < 1.29 is 29.4 Å². The maximum absolute atomic E-state index is 13.9. The SMILES string of the molecule is O=C(O)[C@H]1CCCC[C@H]1C(=O)N(CCN(Cc1ccccc1)C(=O)[C@H]1CCCC[C@H]1C(=O)O)Cc1ccccc1. The van der Waals surface area contributed by atoms with Gasteiger partial charge in [0.05, 0.1) is 23.7 Å². The molecule has 8 heteroatoms. The molecule has 214 valence electrons. The Hall–Kier alpha value is -3.68. The summed E-state index contributed by atoms with van der Waals surface area (Å²) in [6.07, 6.45) is 5.28. The van der Waals surface area contributed by atoms with Crippen LogP contribution in [0.2, 0.25) is 0 Å². The highest BCUT2D eigenvalue weighted by Crippen LogP contribution is 2.34. The van der Waals surface area contributed by atoms with Gasteiger partial charge in [-0.2, -0.15) is 0 Å². The van der Waals surface area contributed by atoms with E-state index in [1.54, 1.807) is 9.80 Å². The lowest BCUT2D eigenvalue weighted by Gasteiger charge is -2.36. The summed E-state index contributed by atoms with van der Waals surface area (Å²) in [5, 5.41) is 19.7. The number of aliphatic carboxylic acids is 2. The van der Waals surface area contributed by atoms with E-state index in [4.69, 9.17) is 0 Å². The van der Waals surface area contributed by atoms with Crippen LogP contribution in [0.3, 0.4) is 0 Å². The van der Waals surface area contributed by atoms with Gasteiger partial charge in [-0.25, -0.2) is 0 Å². The minimum absolute atomic E-state index is 0.191. The minimum Gasteiger partial charge on any atom is -0.481 e. The van der Waals surface area contributed by atoms with E-state index in [1.165, 1.54) is 0 Å². The fourth-order valence-electron chi connectivity index (χ4n) is 6.30. The molecule has 0 spiro atoms. The third-order valence-corrected chi connectivity index (χ3v) is 8.50. The molecule has 2 saturated carbocycles. The van der Waals surface area contributed by atoms with Crippen molar-refractivity contribution in [2.75, 3.05) is 13.1 Å². The van der Waals surface area contributed by atoms with Crippen LogP contribution in [-0.2, 0) is 32.3 Å². The number of carboxylic acids is 2. The van der Waals surface area contributed by atoms with Crippen LogP contribution in [0.25, 0.3) is 0 Å². The van der Waals surface area contributed by atoms with Gasteiger partial charge in [0.2, 0.25) is 11.8 Å². The standard InChI is InChI=1S/C32H40N2O6/c35-29(25-15-7-9-17-27(25)31(37)38)33(21-23-11-3-1-4-12-23)19-20-34(22-24-13-5-2-6-14-24)30(36)26-16-8-10-18-28(26)32(39)40/h1-6,11-14,25-28H,7-10,15-22H2,(H,37,38)(H,39,40)/t25-,26+,27+,28-. The average molecular weight is 549 g/mol. The second-order valence-electron chi connectivity index (χ2n) is 11.2. The summed E-state index contributed by atoms with van der Waals surface area (Å²) in [7, 11) is 0. The Morgan fingerprint density at radius 2 is 0.875 bits per heavy atom. The molecule has 4 atom stereocenters. The van der Waals surface area contributed by atoms with Gasteiger partial charge in [0.15, 0.2) is 0 Å². The number of rotatable bonds is 11. The van der Waals surface area contributed by atoms with E-state index in [-0.39, 0.29) is 24.9 Å². The molecular formula is C32H40N2O6. The Morgan fingerprint density at radius 3 is 1.20 bits per heavy atom. The molecule has 2 aromatic rings. The largest absolute Gasteiger partial charge is 0.481 e. The molecular weight excluding hydrogens is 508 g/mol. The molecule has 0 bridgehead atoms. The molecule has 2 N–H and O–H groups in total. The average Bonchev–Trinajstić information content (AvgIpc) is 2.98. The van der Waals surface area contributed by atoms with Crippen LogP contribution in [0.1, 0.15) is 62.5 Å². The maximum Gasteiger partial charge on any atom is 0.307 e. The molecule has 2 amide bonds. The second kappa shape index (κ2) is 14.1. The lowest BCUT2D eigenvalue weighted by molar-refractivity contribution is -0.154. The van der Waals surface area contributed by atoms with Gasteiger partial charge in [-0.05, 0) is 36.8 Å². The first kappa shape index (κ1) is 29.3. The molecule has 0 unspecified atom stereocenters. The highest BCUT2D eigenvalue weighted by atomic mass is 16.4. The predicted octanol–water partition coefficient (Wildman–Crippen LogP) is 4.83. The minimum atomic E-state index is -0.935. The van der Waals surface area contributed by atoms with Gasteiger partial charge in [-0.1, -0.05) is 86.3 Å². The Morgan fingerprint density at radius 1 is 0.550 bits per heavy atom. The second-order valence-corrected chi connectivity index (χ2v) is 11.2. The van der Waals surface area contributed by atoms with Gasteiger partial charge in [0, 0.05) is 26.2 Å². The van der Waals surface area contributed by atoms with Crippen molar-refractivity contribution in [3.63, 3.8) is 0 Å². The highest BCUT2D eigenvalue weighted by molar-refractivity contribution is 5.86. The maximum atomic E-state index is 13.9. The number of nitrogens with zero attached hydrogens (tertiary/aromatic N) is 2. The Labute approximate surface area is 236 Å². The van der Waals surface area contributed by atoms with Crippen LogP contribution in [0.15, 0.2) is 60.7 Å². The number of carbonyl (C=O) groups is 4. The highest BCUT2D eigenvalue weighted by Gasteiger charge is 2.40. The van der Waals surface area contributed by atoms with Gasteiger partial charge in [0.1, 0.15) is 0 Å². The van der Waals surface area contributed by atoms with Crippen molar-refractivity contribution in [2.45, 2.75) is 64.5 Å². The van der Waals surface area contributed by atoms with Crippen LogP contribution in [0.4, 0.5) is 0 Å². The van der Waals surface area contributed by atoms with Crippen LogP contribution in [0, 0.1) is 23.7 Å². The molecule has 2 aliphatic rings. The van der Waals surface area contributed by atoms with E-state index < -0.39 is 35.6 Å². The molecule has 0 heterocycles.